The highest BCUT2D eigenvalue weighted by molar-refractivity contribution is 7.16. The molecule has 1 aliphatic rings. The molecule has 1 aromatic carbocycles. The summed E-state index contributed by atoms with van der Waals surface area (Å²) in [5.74, 6) is -0.388. The van der Waals surface area contributed by atoms with E-state index in [2.05, 4.69) is 15.6 Å². The number of anilines is 2. The fourth-order valence-electron chi connectivity index (χ4n) is 3.07. The second-order valence-corrected chi connectivity index (χ2v) is 8.59. The van der Waals surface area contributed by atoms with Gasteiger partial charge in [-0.25, -0.2) is 4.98 Å². The first kappa shape index (κ1) is 19.3. The molecule has 2 aromatic heterocycles. The van der Waals surface area contributed by atoms with E-state index in [9.17, 15) is 14.4 Å². The van der Waals surface area contributed by atoms with Gasteiger partial charge in [0.1, 0.15) is 0 Å². The van der Waals surface area contributed by atoms with Gasteiger partial charge in [0.25, 0.3) is 11.8 Å². The smallest absolute Gasteiger partial charge is 0.267 e. The minimum atomic E-state index is -0.168. The molecular weight excluding hydrogens is 408 g/mol. The van der Waals surface area contributed by atoms with E-state index in [1.165, 1.54) is 29.6 Å². The number of thiophene rings is 1. The summed E-state index contributed by atoms with van der Waals surface area (Å²) in [6.45, 7) is 2.48. The Morgan fingerprint density at radius 1 is 1.10 bits per heavy atom. The third kappa shape index (κ3) is 4.36. The molecule has 3 heterocycles. The number of carbonyl (C=O) groups is 3. The normalized spacial score (nSPS) is 12.9. The van der Waals surface area contributed by atoms with Crippen LogP contribution in [0, 0.1) is 0 Å². The van der Waals surface area contributed by atoms with Crippen molar-refractivity contribution in [1.82, 2.24) is 9.88 Å². The Hall–Kier alpha value is -3.04. The van der Waals surface area contributed by atoms with Crippen molar-refractivity contribution in [2.75, 3.05) is 17.2 Å². The van der Waals surface area contributed by atoms with Crippen molar-refractivity contribution in [3.63, 3.8) is 0 Å². The second-order valence-electron chi connectivity index (χ2n) is 6.56. The van der Waals surface area contributed by atoms with Crippen molar-refractivity contribution in [2.24, 2.45) is 0 Å². The van der Waals surface area contributed by atoms with Gasteiger partial charge in [0.05, 0.1) is 17.1 Å². The quantitative estimate of drug-likeness (QED) is 0.667. The molecule has 0 atom stereocenters. The number of benzene rings is 1. The molecule has 0 saturated heterocycles. The number of nitrogens with one attached hydrogen (secondary N) is 2. The largest absolute Gasteiger partial charge is 0.333 e. The Morgan fingerprint density at radius 2 is 1.90 bits per heavy atom. The van der Waals surface area contributed by atoms with E-state index in [4.69, 9.17) is 0 Å². The summed E-state index contributed by atoms with van der Waals surface area (Å²) < 4.78 is 0. The summed E-state index contributed by atoms with van der Waals surface area (Å²) in [6.07, 6.45) is 0.649. The molecular formula is C20H18N4O3S2. The van der Waals surface area contributed by atoms with Gasteiger partial charge < -0.3 is 10.2 Å². The maximum atomic E-state index is 12.8. The molecule has 3 aromatic rings. The molecule has 7 nitrogen and oxygen atoms in total. The van der Waals surface area contributed by atoms with Crippen LogP contribution in [-0.4, -0.2) is 34.2 Å². The molecule has 29 heavy (non-hydrogen) atoms. The lowest BCUT2D eigenvalue weighted by atomic mass is 10.1. The summed E-state index contributed by atoms with van der Waals surface area (Å²) in [5.41, 5.74) is 2.16. The Morgan fingerprint density at radius 3 is 2.59 bits per heavy atom. The van der Waals surface area contributed by atoms with Crippen molar-refractivity contribution in [2.45, 2.75) is 19.9 Å². The number of carbonyl (C=O) groups excluding carboxylic acids is 3. The van der Waals surface area contributed by atoms with Gasteiger partial charge in [-0.3, -0.25) is 19.7 Å². The van der Waals surface area contributed by atoms with E-state index in [1.54, 1.807) is 35.2 Å². The highest BCUT2D eigenvalue weighted by Gasteiger charge is 2.25. The first-order chi connectivity index (χ1) is 14.0. The van der Waals surface area contributed by atoms with Gasteiger partial charge in [0, 0.05) is 36.0 Å². The summed E-state index contributed by atoms with van der Waals surface area (Å²) in [5, 5.41) is 7.94. The number of aromatic nitrogens is 1. The predicted molar refractivity (Wildman–Crippen MR) is 114 cm³/mol. The van der Waals surface area contributed by atoms with Crippen molar-refractivity contribution < 1.29 is 14.4 Å². The summed E-state index contributed by atoms with van der Waals surface area (Å²) in [4.78, 5) is 44.1. The molecule has 9 heteroatoms. The van der Waals surface area contributed by atoms with Crippen LogP contribution in [0.15, 0.2) is 41.8 Å². The average Bonchev–Trinajstić information content (AvgIpc) is 3.36. The molecule has 0 fully saturated rings. The summed E-state index contributed by atoms with van der Waals surface area (Å²) in [7, 11) is 0. The van der Waals surface area contributed by atoms with Gasteiger partial charge in [-0.05, 0) is 35.7 Å². The fraction of sp³-hybridized carbons (Fsp3) is 0.200. The number of hydrogen-bond donors (Lipinski definition) is 2. The number of amides is 3. The first-order valence-electron chi connectivity index (χ1n) is 9.00. The number of nitrogens with zero attached hydrogens (tertiary/aromatic N) is 2. The van der Waals surface area contributed by atoms with Gasteiger partial charge >= 0.3 is 0 Å². The first-order valence-corrected chi connectivity index (χ1v) is 10.7. The van der Waals surface area contributed by atoms with Crippen LogP contribution in [0.1, 0.15) is 37.5 Å². The minimum absolute atomic E-state index is 0.0670. The monoisotopic (exact) mass is 426 g/mol. The Bertz CT molecular complexity index is 1060. The Labute approximate surface area is 175 Å². The van der Waals surface area contributed by atoms with E-state index in [0.717, 1.165) is 10.6 Å². The third-order valence-electron chi connectivity index (χ3n) is 4.44. The van der Waals surface area contributed by atoms with Crippen LogP contribution in [0.25, 0.3) is 0 Å². The molecule has 4 rings (SSSR count). The average molecular weight is 427 g/mol. The van der Waals surface area contributed by atoms with Crippen molar-refractivity contribution in [3.05, 3.63) is 62.8 Å². The topological polar surface area (TPSA) is 91.4 Å². The number of fused-ring (bicyclic) bond motifs is 1. The highest BCUT2D eigenvalue weighted by Crippen LogP contribution is 2.29. The van der Waals surface area contributed by atoms with E-state index >= 15 is 0 Å². The zero-order chi connectivity index (χ0) is 20.4. The minimum Gasteiger partial charge on any atom is -0.333 e. The lowest BCUT2D eigenvalue weighted by molar-refractivity contribution is -0.114. The molecule has 0 spiro atoms. The molecule has 2 N–H and O–H groups in total. The summed E-state index contributed by atoms with van der Waals surface area (Å²) >= 11 is 2.79. The maximum absolute atomic E-state index is 12.8. The predicted octanol–water partition coefficient (Wildman–Crippen LogP) is 3.61. The molecule has 0 bridgehead atoms. The van der Waals surface area contributed by atoms with Crippen LogP contribution < -0.4 is 10.6 Å². The zero-order valence-electron chi connectivity index (χ0n) is 15.6. The van der Waals surface area contributed by atoms with Crippen LogP contribution in [0.5, 0.6) is 0 Å². The molecule has 3 amide bonds. The Kier molecular flexibility index (Phi) is 5.41. The molecule has 148 valence electrons. The van der Waals surface area contributed by atoms with Gasteiger partial charge in [0.2, 0.25) is 5.91 Å². The van der Waals surface area contributed by atoms with Crippen LogP contribution in [0.2, 0.25) is 0 Å². The van der Waals surface area contributed by atoms with Gasteiger partial charge in [0.15, 0.2) is 5.13 Å². The van der Waals surface area contributed by atoms with Gasteiger partial charge in [-0.2, -0.15) is 0 Å². The lowest BCUT2D eigenvalue weighted by Gasteiger charge is -2.26. The number of thiazole rings is 1. The molecule has 0 radical (unpaired) electrons. The second kappa shape index (κ2) is 8.14. The van der Waals surface area contributed by atoms with Crippen LogP contribution in [-0.2, 0) is 17.8 Å². The summed E-state index contributed by atoms with van der Waals surface area (Å²) in [6, 6.07) is 10.5. The van der Waals surface area contributed by atoms with Gasteiger partial charge in [-0.1, -0.05) is 17.4 Å². The molecule has 0 aliphatic carbocycles. The third-order valence-corrected chi connectivity index (χ3v) is 6.30. The molecule has 0 saturated carbocycles. The lowest BCUT2D eigenvalue weighted by Crippen LogP contribution is -2.35. The molecule has 0 unspecified atom stereocenters. The van der Waals surface area contributed by atoms with Crippen molar-refractivity contribution in [1.29, 1.82) is 0 Å². The van der Waals surface area contributed by atoms with Crippen molar-refractivity contribution in [3.8, 4) is 0 Å². The zero-order valence-corrected chi connectivity index (χ0v) is 17.2. The molecule has 1 aliphatic heterocycles. The van der Waals surface area contributed by atoms with Crippen molar-refractivity contribution >= 4 is 51.2 Å². The van der Waals surface area contributed by atoms with Crippen LogP contribution >= 0.6 is 22.7 Å². The van der Waals surface area contributed by atoms with E-state index < -0.39 is 0 Å². The van der Waals surface area contributed by atoms with E-state index in [-0.39, 0.29) is 17.7 Å². The SMILES string of the molecule is CC(=O)Nc1ccc(C(=O)N2CCc3nc(NC(=O)c4cccs4)sc3C2)cc1. The van der Waals surface area contributed by atoms with Crippen LogP contribution in [0.3, 0.4) is 0 Å². The Balaban J connectivity index is 1.43. The van der Waals surface area contributed by atoms with Crippen LogP contribution in [0.4, 0.5) is 10.8 Å². The number of hydrogen-bond acceptors (Lipinski definition) is 6. The fourth-order valence-corrected chi connectivity index (χ4v) is 4.71. The van der Waals surface area contributed by atoms with Gasteiger partial charge in [-0.15, -0.1) is 11.3 Å². The highest BCUT2D eigenvalue weighted by atomic mass is 32.1. The van der Waals surface area contributed by atoms with E-state index in [1.807, 2.05) is 11.4 Å². The standard InChI is InChI=1S/C20H18N4O3S2/c1-12(25)21-14-6-4-13(5-7-14)19(27)24-9-8-15-17(11-24)29-20(22-15)23-18(26)16-3-2-10-28-16/h2-7,10H,8-9,11H2,1H3,(H,21,25)(H,22,23,26). The van der Waals surface area contributed by atoms with E-state index in [0.29, 0.717) is 40.8 Å². The maximum Gasteiger partial charge on any atom is 0.267 e. The number of rotatable bonds is 4.